The second-order valence-electron chi connectivity index (χ2n) is 7.91. The Morgan fingerprint density at radius 3 is 2.92 bits per heavy atom. The van der Waals surface area contributed by atoms with E-state index >= 15 is 0 Å². The molecule has 3 unspecified atom stereocenters. The van der Waals surface area contributed by atoms with Crippen molar-refractivity contribution in [1.82, 2.24) is 0 Å². The fourth-order valence-corrected chi connectivity index (χ4v) is 5.52. The summed E-state index contributed by atoms with van der Waals surface area (Å²) in [6.07, 6.45) is 7.01. The topological polar surface area (TPSA) is 40.5 Å². The molecule has 3 aliphatic rings. The van der Waals surface area contributed by atoms with E-state index in [9.17, 15) is 10.2 Å². The third-order valence-electron chi connectivity index (χ3n) is 6.74. The lowest BCUT2D eigenvalue weighted by Gasteiger charge is -2.50. The molecule has 0 radical (unpaired) electrons. The Hall–Kier alpha value is -1.72. The van der Waals surface area contributed by atoms with E-state index in [1.54, 1.807) is 12.1 Å². The summed E-state index contributed by atoms with van der Waals surface area (Å²) in [6, 6.07) is 5.56. The number of rotatable bonds is 0. The fraction of sp³-hybridized carbons (Fsp3) is 0.545. The summed E-state index contributed by atoms with van der Waals surface area (Å²) in [7, 11) is 0. The van der Waals surface area contributed by atoms with Gasteiger partial charge < -0.3 is 10.2 Å². The number of allylic oxidation sites excluding steroid dienone is 2. The van der Waals surface area contributed by atoms with Gasteiger partial charge in [-0.1, -0.05) is 37.8 Å². The maximum Gasteiger partial charge on any atom is 0.115 e. The van der Waals surface area contributed by atoms with Crippen LogP contribution >= 0.6 is 0 Å². The standard InChI is InChI=1S/C22H26O2/c1-3-4-5-14-6-9-20-18-13-21(24)19-12-15(23)7-8-16(19)17(18)10-11-22(14,20)2/h6-8,12,17-18,20-21,23-24H,3,9-11,13H2,1-2H3/t17?,18?,20?,21-,22-/m1/s1. The van der Waals surface area contributed by atoms with Crippen molar-refractivity contribution < 1.29 is 10.2 Å². The van der Waals surface area contributed by atoms with Crippen molar-refractivity contribution in [3.8, 4) is 17.6 Å². The molecule has 4 rings (SSSR count). The van der Waals surface area contributed by atoms with Crippen LogP contribution in [0.4, 0.5) is 0 Å². The summed E-state index contributed by atoms with van der Waals surface area (Å²) in [5.74, 6) is 8.53. The molecule has 126 valence electrons. The van der Waals surface area contributed by atoms with Crippen LogP contribution in [-0.2, 0) is 0 Å². The molecule has 0 bridgehead atoms. The van der Waals surface area contributed by atoms with Crippen LogP contribution in [0.2, 0.25) is 0 Å². The van der Waals surface area contributed by atoms with Crippen molar-refractivity contribution in [2.24, 2.45) is 17.3 Å². The highest BCUT2D eigenvalue weighted by molar-refractivity contribution is 5.44. The average molecular weight is 322 g/mol. The molecule has 0 aromatic heterocycles. The van der Waals surface area contributed by atoms with Gasteiger partial charge in [-0.25, -0.2) is 0 Å². The van der Waals surface area contributed by atoms with Gasteiger partial charge >= 0.3 is 0 Å². The van der Waals surface area contributed by atoms with Crippen molar-refractivity contribution >= 4 is 0 Å². The van der Waals surface area contributed by atoms with Gasteiger partial charge in [0.1, 0.15) is 5.75 Å². The van der Waals surface area contributed by atoms with E-state index in [0.29, 0.717) is 17.8 Å². The van der Waals surface area contributed by atoms with Crippen LogP contribution in [0.1, 0.15) is 69.1 Å². The van der Waals surface area contributed by atoms with Crippen LogP contribution < -0.4 is 0 Å². The van der Waals surface area contributed by atoms with Gasteiger partial charge in [0, 0.05) is 17.4 Å². The molecular weight excluding hydrogens is 296 g/mol. The monoisotopic (exact) mass is 322 g/mol. The maximum atomic E-state index is 10.7. The Balaban J connectivity index is 1.69. The molecule has 1 fully saturated rings. The van der Waals surface area contributed by atoms with E-state index < -0.39 is 6.10 Å². The van der Waals surface area contributed by atoms with Crippen molar-refractivity contribution in [3.63, 3.8) is 0 Å². The molecule has 24 heavy (non-hydrogen) atoms. The molecule has 2 N–H and O–H groups in total. The predicted octanol–water partition coefficient (Wildman–Crippen LogP) is 4.69. The quantitative estimate of drug-likeness (QED) is 0.680. The Labute approximate surface area is 144 Å². The fourth-order valence-electron chi connectivity index (χ4n) is 5.52. The number of phenolic OH excluding ortho intramolecular Hbond substituents is 1. The van der Waals surface area contributed by atoms with Gasteiger partial charge in [-0.2, -0.15) is 0 Å². The first-order chi connectivity index (χ1) is 11.5. The first-order valence-electron chi connectivity index (χ1n) is 9.25. The van der Waals surface area contributed by atoms with Crippen molar-refractivity contribution in [2.75, 3.05) is 0 Å². The molecule has 0 saturated heterocycles. The lowest BCUT2D eigenvalue weighted by atomic mass is 9.54. The second-order valence-corrected chi connectivity index (χ2v) is 7.91. The van der Waals surface area contributed by atoms with E-state index in [-0.39, 0.29) is 11.2 Å². The number of hydrogen-bond donors (Lipinski definition) is 2. The highest BCUT2D eigenvalue weighted by Gasteiger charge is 2.52. The predicted molar refractivity (Wildman–Crippen MR) is 95.5 cm³/mol. The van der Waals surface area contributed by atoms with Gasteiger partial charge in [-0.05, 0) is 66.7 Å². The molecule has 1 saturated carbocycles. The summed E-state index contributed by atoms with van der Waals surface area (Å²) in [4.78, 5) is 0. The number of aliphatic hydroxyl groups excluding tert-OH is 1. The maximum absolute atomic E-state index is 10.7. The zero-order valence-corrected chi connectivity index (χ0v) is 14.5. The molecule has 0 spiro atoms. The van der Waals surface area contributed by atoms with E-state index in [0.717, 1.165) is 31.2 Å². The van der Waals surface area contributed by atoms with Gasteiger partial charge in [0.2, 0.25) is 0 Å². The number of hydrogen-bond acceptors (Lipinski definition) is 2. The Bertz CT molecular complexity index is 751. The molecule has 5 atom stereocenters. The summed E-state index contributed by atoms with van der Waals surface area (Å²) in [5.41, 5.74) is 3.71. The van der Waals surface area contributed by atoms with Crippen LogP contribution in [0, 0.1) is 29.1 Å². The van der Waals surface area contributed by atoms with Crippen LogP contribution in [0.15, 0.2) is 29.8 Å². The largest absolute Gasteiger partial charge is 0.508 e. The highest BCUT2D eigenvalue weighted by atomic mass is 16.3. The minimum Gasteiger partial charge on any atom is -0.508 e. The minimum atomic E-state index is -0.457. The van der Waals surface area contributed by atoms with Crippen LogP contribution in [0.25, 0.3) is 0 Å². The summed E-state index contributed by atoms with van der Waals surface area (Å²) < 4.78 is 0. The first-order valence-corrected chi connectivity index (χ1v) is 9.25. The highest BCUT2D eigenvalue weighted by Crippen LogP contribution is 2.62. The van der Waals surface area contributed by atoms with Crippen LogP contribution in [-0.4, -0.2) is 10.2 Å². The van der Waals surface area contributed by atoms with Crippen molar-refractivity contribution in [2.45, 2.75) is 58.0 Å². The molecule has 3 aliphatic carbocycles. The average Bonchev–Trinajstić information content (AvgIpc) is 2.90. The van der Waals surface area contributed by atoms with Crippen molar-refractivity contribution in [1.29, 1.82) is 0 Å². The van der Waals surface area contributed by atoms with Crippen molar-refractivity contribution in [3.05, 3.63) is 41.0 Å². The van der Waals surface area contributed by atoms with E-state index in [1.807, 2.05) is 6.07 Å². The lowest BCUT2D eigenvalue weighted by molar-refractivity contribution is 0.0286. The Kier molecular flexibility index (Phi) is 3.73. The van der Waals surface area contributed by atoms with E-state index in [4.69, 9.17) is 0 Å². The van der Waals surface area contributed by atoms with Gasteiger partial charge in [0.05, 0.1) is 6.10 Å². The van der Waals surface area contributed by atoms with E-state index in [1.165, 1.54) is 17.6 Å². The first kappa shape index (κ1) is 15.8. The van der Waals surface area contributed by atoms with Gasteiger partial charge in [-0.15, -0.1) is 0 Å². The van der Waals surface area contributed by atoms with Gasteiger partial charge in [0.15, 0.2) is 0 Å². The molecule has 0 aliphatic heterocycles. The zero-order chi connectivity index (χ0) is 16.9. The third-order valence-corrected chi connectivity index (χ3v) is 6.74. The molecule has 2 nitrogen and oxygen atoms in total. The summed E-state index contributed by atoms with van der Waals surface area (Å²) in [6.45, 7) is 4.48. The normalized spacial score (nSPS) is 36.7. The number of aromatic hydroxyl groups is 1. The second kappa shape index (κ2) is 5.67. The Morgan fingerprint density at radius 2 is 2.12 bits per heavy atom. The number of phenols is 1. The van der Waals surface area contributed by atoms with Gasteiger partial charge in [0.25, 0.3) is 0 Å². The lowest BCUT2D eigenvalue weighted by Crippen LogP contribution is -2.41. The minimum absolute atomic E-state index is 0.178. The number of fused-ring (bicyclic) bond motifs is 5. The third kappa shape index (κ3) is 2.22. The molecule has 0 amide bonds. The number of benzene rings is 1. The zero-order valence-electron chi connectivity index (χ0n) is 14.5. The molecule has 2 heteroatoms. The van der Waals surface area contributed by atoms with E-state index in [2.05, 4.69) is 31.8 Å². The smallest absolute Gasteiger partial charge is 0.115 e. The molecular formula is C22H26O2. The summed E-state index contributed by atoms with van der Waals surface area (Å²) >= 11 is 0. The summed E-state index contributed by atoms with van der Waals surface area (Å²) in [5, 5.41) is 20.5. The number of aliphatic hydroxyl groups is 1. The van der Waals surface area contributed by atoms with Crippen LogP contribution in [0.5, 0.6) is 5.75 Å². The molecule has 0 heterocycles. The molecule has 1 aromatic rings. The Morgan fingerprint density at radius 1 is 1.29 bits per heavy atom. The van der Waals surface area contributed by atoms with Crippen LogP contribution in [0.3, 0.4) is 0 Å². The van der Waals surface area contributed by atoms with Gasteiger partial charge in [-0.3, -0.25) is 0 Å². The molecule has 1 aromatic carbocycles. The SMILES string of the molecule is CCC#CC1=CCC2C3C[C@@H](O)c4cc(O)ccc4C3CC[C@]12C.